The third-order valence-electron chi connectivity index (χ3n) is 7.67. The number of carbonyl (C=O) groups is 2. The van der Waals surface area contributed by atoms with Crippen LogP contribution in [-0.4, -0.2) is 35.5 Å². The fraction of sp³-hybridized carbons (Fsp3) is 0.625. The van der Waals surface area contributed by atoms with Crippen LogP contribution < -0.4 is 0 Å². The van der Waals surface area contributed by atoms with Crippen LogP contribution in [0.4, 0.5) is 0 Å². The lowest BCUT2D eigenvalue weighted by atomic mass is 9.87. The molecule has 1 aliphatic heterocycles. The maximum atomic E-state index is 13.7. The molecule has 0 N–H and O–H groups in total. The van der Waals surface area contributed by atoms with Gasteiger partial charge in [0.2, 0.25) is 0 Å². The second-order valence-electron chi connectivity index (χ2n) is 10.3. The van der Waals surface area contributed by atoms with Crippen molar-refractivity contribution < 1.29 is 23.9 Å². The third-order valence-corrected chi connectivity index (χ3v) is 7.67. The largest absolute Gasteiger partial charge is 0.493 e. The monoisotopic (exact) mass is 523 g/mol. The molecule has 2 aliphatic rings. The van der Waals surface area contributed by atoms with Crippen LogP contribution in [0.25, 0.3) is 0 Å². The lowest BCUT2D eigenvalue weighted by Crippen LogP contribution is -2.23. The molecule has 6 nitrogen and oxygen atoms in total. The number of allylic oxidation sites excluding steroid dienone is 4. The first-order chi connectivity index (χ1) is 18.6. The van der Waals surface area contributed by atoms with E-state index in [2.05, 4.69) is 6.92 Å². The number of rotatable bonds is 17. The van der Waals surface area contributed by atoms with E-state index >= 15 is 0 Å². The minimum absolute atomic E-state index is 0.160. The molecule has 6 heteroatoms. The second-order valence-corrected chi connectivity index (χ2v) is 10.3. The minimum atomic E-state index is -0.745. The number of aromatic nitrogens is 1. The molecule has 1 aromatic heterocycles. The fourth-order valence-electron chi connectivity index (χ4n) is 5.58. The molecule has 0 saturated carbocycles. The minimum Gasteiger partial charge on any atom is -0.493 e. The molecule has 0 spiro atoms. The Morgan fingerprint density at radius 1 is 1.00 bits per heavy atom. The zero-order valence-electron chi connectivity index (χ0n) is 23.6. The quantitative estimate of drug-likeness (QED) is 0.0947. The number of Topliss-reactive ketones (excluding diaryl/α,β-unsaturated/α-hetero) is 1. The zero-order chi connectivity index (χ0) is 27.3. The third kappa shape index (κ3) is 7.38. The Balaban J connectivity index is 1.54. The van der Waals surface area contributed by atoms with Crippen LogP contribution >= 0.6 is 0 Å². The Labute approximate surface area is 228 Å². The number of esters is 1. The van der Waals surface area contributed by atoms with Gasteiger partial charge in [-0.05, 0) is 43.9 Å². The van der Waals surface area contributed by atoms with Crippen molar-refractivity contribution in [2.24, 2.45) is 5.92 Å². The van der Waals surface area contributed by atoms with Crippen molar-refractivity contribution in [1.82, 2.24) is 4.57 Å². The fourth-order valence-corrected chi connectivity index (χ4v) is 5.58. The molecule has 0 radical (unpaired) electrons. The van der Waals surface area contributed by atoms with E-state index in [0.717, 1.165) is 24.1 Å². The van der Waals surface area contributed by atoms with Crippen molar-refractivity contribution >= 4 is 17.7 Å². The van der Waals surface area contributed by atoms with E-state index in [4.69, 9.17) is 9.47 Å². The first-order valence-electron chi connectivity index (χ1n) is 14.8. The summed E-state index contributed by atoms with van der Waals surface area (Å²) in [7, 11) is 0. The first-order valence-corrected chi connectivity index (χ1v) is 14.8. The highest BCUT2D eigenvalue weighted by Gasteiger charge is 2.37. The van der Waals surface area contributed by atoms with E-state index in [1.165, 1.54) is 51.4 Å². The van der Waals surface area contributed by atoms with E-state index in [-0.39, 0.29) is 23.2 Å². The van der Waals surface area contributed by atoms with Gasteiger partial charge in [0.1, 0.15) is 11.7 Å². The number of fused-ring (bicyclic) bond motifs is 1. The summed E-state index contributed by atoms with van der Waals surface area (Å²) in [5, 5.41) is 0. The number of hydrogen-bond acceptors (Lipinski definition) is 5. The molecule has 1 aromatic rings. The van der Waals surface area contributed by atoms with Crippen LogP contribution in [0.2, 0.25) is 0 Å². The second kappa shape index (κ2) is 15.5. The standard InChI is InChI=1S/C32H45NO5/c1-4-7-8-9-10-11-12-13-14-15-21-38-32(36)26-19-20-33-28(26)22-24(5-2)30(33)31(35)25-17-16-18-29(37-6-3)27(25)23-34/h16-18,22,25-26H,4-15,19-21H2,1-3H3. The molecule has 1 aliphatic carbocycles. The molecule has 2 atom stereocenters. The van der Waals surface area contributed by atoms with Crippen molar-refractivity contribution in [3.8, 4) is 0 Å². The van der Waals surface area contributed by atoms with Gasteiger partial charge in [-0.2, -0.15) is 0 Å². The summed E-state index contributed by atoms with van der Waals surface area (Å²) in [5.74, 6) is 0.867. The summed E-state index contributed by atoms with van der Waals surface area (Å²) in [6.45, 7) is 7.51. The number of unbranched alkanes of at least 4 members (excludes halogenated alkanes) is 9. The molecule has 208 valence electrons. The summed E-state index contributed by atoms with van der Waals surface area (Å²) in [6.07, 6.45) is 18.8. The molecule has 0 bridgehead atoms. The Hall–Kier alpha value is -2.85. The predicted molar refractivity (Wildman–Crippen MR) is 150 cm³/mol. The van der Waals surface area contributed by atoms with Gasteiger partial charge in [0.05, 0.1) is 36.3 Å². The summed E-state index contributed by atoms with van der Waals surface area (Å²) < 4.78 is 13.2. The van der Waals surface area contributed by atoms with Gasteiger partial charge in [-0.3, -0.25) is 9.59 Å². The van der Waals surface area contributed by atoms with Crippen LogP contribution in [0.5, 0.6) is 0 Å². The Morgan fingerprint density at radius 3 is 2.32 bits per heavy atom. The number of nitrogens with zero attached hydrogens (tertiary/aromatic N) is 1. The van der Waals surface area contributed by atoms with E-state index in [9.17, 15) is 14.4 Å². The molecule has 3 rings (SSSR count). The highest BCUT2D eigenvalue weighted by Crippen LogP contribution is 2.37. The van der Waals surface area contributed by atoms with E-state index in [0.29, 0.717) is 44.1 Å². The summed E-state index contributed by atoms with van der Waals surface area (Å²) in [4.78, 5) is 38.4. The lowest BCUT2D eigenvalue weighted by Gasteiger charge is -2.20. The zero-order valence-corrected chi connectivity index (χ0v) is 23.6. The van der Waals surface area contributed by atoms with Gasteiger partial charge in [0.15, 0.2) is 5.78 Å². The molecule has 0 saturated heterocycles. The molecule has 0 fully saturated rings. The smallest absolute Gasteiger partial charge is 0.315 e. The van der Waals surface area contributed by atoms with Crippen molar-refractivity contribution in [2.45, 2.75) is 110 Å². The summed E-state index contributed by atoms with van der Waals surface area (Å²) in [5.41, 5.74) is 2.54. The lowest BCUT2D eigenvalue weighted by molar-refractivity contribution is -0.145. The molecular weight excluding hydrogens is 478 g/mol. The van der Waals surface area contributed by atoms with Crippen molar-refractivity contribution in [1.29, 1.82) is 0 Å². The Bertz CT molecular complexity index is 1060. The topological polar surface area (TPSA) is 74.6 Å². The van der Waals surface area contributed by atoms with Crippen molar-refractivity contribution in [2.75, 3.05) is 13.2 Å². The van der Waals surface area contributed by atoms with Crippen LogP contribution in [0.1, 0.15) is 119 Å². The summed E-state index contributed by atoms with van der Waals surface area (Å²) in [6, 6.07) is 1.98. The maximum absolute atomic E-state index is 13.7. The van der Waals surface area contributed by atoms with Gasteiger partial charge in [-0.1, -0.05) is 83.8 Å². The van der Waals surface area contributed by atoms with Gasteiger partial charge >= 0.3 is 5.97 Å². The van der Waals surface area contributed by atoms with Gasteiger partial charge in [0, 0.05) is 12.2 Å². The molecule has 0 amide bonds. The molecule has 38 heavy (non-hydrogen) atoms. The van der Waals surface area contributed by atoms with Crippen LogP contribution in [-0.2, 0) is 32.0 Å². The molecule has 0 aromatic carbocycles. The van der Waals surface area contributed by atoms with Crippen molar-refractivity contribution in [3.63, 3.8) is 0 Å². The number of carbonyl (C=O) groups excluding carboxylic acids is 3. The predicted octanol–water partition coefficient (Wildman–Crippen LogP) is 7.05. The average molecular weight is 524 g/mol. The highest BCUT2D eigenvalue weighted by molar-refractivity contribution is 6.03. The van der Waals surface area contributed by atoms with Crippen LogP contribution in [0.15, 0.2) is 35.6 Å². The molecule has 2 unspecified atom stereocenters. The Kier molecular flexibility index (Phi) is 12.1. The highest BCUT2D eigenvalue weighted by atomic mass is 16.5. The average Bonchev–Trinajstić information content (AvgIpc) is 3.50. The van der Waals surface area contributed by atoms with Crippen LogP contribution in [0, 0.1) is 5.92 Å². The maximum Gasteiger partial charge on any atom is 0.315 e. The van der Waals surface area contributed by atoms with Gasteiger partial charge in [-0.15, -0.1) is 0 Å². The van der Waals surface area contributed by atoms with Crippen LogP contribution in [0.3, 0.4) is 0 Å². The van der Waals surface area contributed by atoms with Gasteiger partial charge in [0.25, 0.3) is 0 Å². The number of aryl methyl sites for hydroxylation is 1. The number of ketones is 1. The number of hydrogen-bond donors (Lipinski definition) is 0. The van der Waals surface area contributed by atoms with E-state index in [1.807, 2.05) is 30.4 Å². The van der Waals surface area contributed by atoms with E-state index in [1.54, 1.807) is 18.2 Å². The summed E-state index contributed by atoms with van der Waals surface area (Å²) >= 11 is 0. The van der Waals surface area contributed by atoms with E-state index < -0.39 is 5.92 Å². The number of ether oxygens (including phenoxy) is 2. The van der Waals surface area contributed by atoms with Gasteiger partial charge < -0.3 is 14.0 Å². The first kappa shape index (κ1) is 29.7. The SMILES string of the molecule is CCCCCCCCCCCCOC(=O)C1CCn2c1cc(CC)c2C(=O)C1C=CC=C(OCC)C1=C=O. The normalized spacial score (nSPS) is 18.2. The Morgan fingerprint density at radius 2 is 1.68 bits per heavy atom. The van der Waals surface area contributed by atoms with Crippen molar-refractivity contribution in [3.05, 3.63) is 52.6 Å². The molecular formula is C32H45NO5. The molecule has 2 heterocycles. The van der Waals surface area contributed by atoms with Gasteiger partial charge in [-0.25, -0.2) is 4.79 Å².